The summed E-state index contributed by atoms with van der Waals surface area (Å²) in [6, 6.07) is 0. The Morgan fingerprint density at radius 2 is 1.30 bits per heavy atom. The second-order valence-corrected chi connectivity index (χ2v) is 6.79. The SMILES string of the molecule is CCCCCCCCCCOC(C)OC(C)OC(C)[N+](C)(C)[O-]. The van der Waals surface area contributed by atoms with E-state index >= 15 is 0 Å². The molecule has 140 valence electrons. The molecule has 0 aliphatic heterocycles. The zero-order chi connectivity index (χ0) is 17.7. The smallest absolute Gasteiger partial charge is 0.192 e. The second kappa shape index (κ2) is 13.1. The van der Waals surface area contributed by atoms with Crippen LogP contribution in [-0.4, -0.2) is 44.2 Å². The summed E-state index contributed by atoms with van der Waals surface area (Å²) in [6.07, 6.45) is 9.05. The Bertz CT molecular complexity index is 268. The highest BCUT2D eigenvalue weighted by Crippen LogP contribution is 2.12. The lowest BCUT2D eigenvalue weighted by atomic mass is 10.1. The van der Waals surface area contributed by atoms with Gasteiger partial charge in [0.1, 0.15) is 0 Å². The number of rotatable bonds is 15. The van der Waals surface area contributed by atoms with Crippen molar-refractivity contribution in [3.05, 3.63) is 5.21 Å². The van der Waals surface area contributed by atoms with Crippen molar-refractivity contribution >= 4 is 0 Å². The van der Waals surface area contributed by atoms with Gasteiger partial charge in [-0.2, -0.15) is 0 Å². The average Bonchev–Trinajstić information content (AvgIpc) is 2.44. The number of quaternary nitrogens is 1. The number of unbranched alkanes of at least 4 members (excludes halogenated alkanes) is 7. The minimum atomic E-state index is -0.499. The van der Waals surface area contributed by atoms with Gasteiger partial charge in [-0.05, 0) is 20.3 Å². The van der Waals surface area contributed by atoms with E-state index in [1.165, 1.54) is 44.9 Å². The van der Waals surface area contributed by atoms with Crippen molar-refractivity contribution in [3.63, 3.8) is 0 Å². The van der Waals surface area contributed by atoms with Gasteiger partial charge in [-0.25, -0.2) is 0 Å². The van der Waals surface area contributed by atoms with Crippen molar-refractivity contribution in [2.75, 3.05) is 20.7 Å². The van der Waals surface area contributed by atoms with Gasteiger partial charge in [-0.3, -0.25) is 0 Å². The average molecular weight is 334 g/mol. The summed E-state index contributed by atoms with van der Waals surface area (Å²) in [5, 5.41) is 11.7. The maximum Gasteiger partial charge on any atom is 0.192 e. The Balaban J connectivity index is 3.54. The number of hydroxylamine groups is 3. The second-order valence-electron chi connectivity index (χ2n) is 6.79. The molecular formula is C18H39NO4. The molecule has 5 heteroatoms. The van der Waals surface area contributed by atoms with Crippen LogP contribution < -0.4 is 0 Å². The highest BCUT2D eigenvalue weighted by atomic mass is 16.8. The molecule has 0 saturated heterocycles. The fraction of sp³-hybridized carbons (Fsp3) is 1.00. The Morgan fingerprint density at radius 3 is 1.83 bits per heavy atom. The van der Waals surface area contributed by atoms with E-state index in [4.69, 9.17) is 14.2 Å². The fourth-order valence-corrected chi connectivity index (χ4v) is 2.25. The first-order chi connectivity index (χ1) is 10.8. The lowest BCUT2D eigenvalue weighted by molar-refractivity contribution is -0.892. The summed E-state index contributed by atoms with van der Waals surface area (Å²) in [5.41, 5.74) is 0. The van der Waals surface area contributed by atoms with Crippen LogP contribution in [0.15, 0.2) is 0 Å². The minimum Gasteiger partial charge on any atom is -0.631 e. The van der Waals surface area contributed by atoms with Gasteiger partial charge in [-0.15, -0.1) is 0 Å². The molecule has 0 N–H and O–H groups in total. The predicted octanol–water partition coefficient (Wildman–Crippen LogP) is 4.79. The molecule has 3 atom stereocenters. The van der Waals surface area contributed by atoms with Crippen molar-refractivity contribution < 1.29 is 18.9 Å². The number of hydrogen-bond donors (Lipinski definition) is 0. The molecule has 0 fully saturated rings. The molecule has 0 aromatic carbocycles. The van der Waals surface area contributed by atoms with Crippen molar-refractivity contribution in [1.82, 2.24) is 0 Å². The summed E-state index contributed by atoms with van der Waals surface area (Å²) in [4.78, 5) is 0. The van der Waals surface area contributed by atoms with Crippen LogP contribution in [0.5, 0.6) is 0 Å². The Kier molecular flexibility index (Phi) is 13.0. The molecule has 0 aromatic rings. The molecular weight excluding hydrogens is 294 g/mol. The normalized spacial score (nSPS) is 16.3. The monoisotopic (exact) mass is 333 g/mol. The van der Waals surface area contributed by atoms with E-state index in [1.807, 2.05) is 6.92 Å². The molecule has 0 aliphatic carbocycles. The van der Waals surface area contributed by atoms with Crippen LogP contribution in [0.3, 0.4) is 0 Å². The van der Waals surface area contributed by atoms with Gasteiger partial charge in [0.15, 0.2) is 18.8 Å². The van der Waals surface area contributed by atoms with Crippen LogP contribution in [0.4, 0.5) is 0 Å². The Hall–Kier alpha value is -0.200. The van der Waals surface area contributed by atoms with Gasteiger partial charge >= 0.3 is 0 Å². The van der Waals surface area contributed by atoms with Gasteiger partial charge in [0.25, 0.3) is 0 Å². The van der Waals surface area contributed by atoms with Crippen LogP contribution in [0.1, 0.15) is 79.1 Å². The highest BCUT2D eigenvalue weighted by molar-refractivity contribution is 4.46. The molecule has 0 bridgehead atoms. The quantitative estimate of drug-likeness (QED) is 0.187. The first kappa shape index (κ1) is 22.8. The van der Waals surface area contributed by atoms with Crippen LogP contribution in [0.2, 0.25) is 0 Å². The molecule has 5 nitrogen and oxygen atoms in total. The molecule has 0 heterocycles. The molecule has 0 amide bonds. The molecule has 0 radical (unpaired) electrons. The first-order valence-corrected chi connectivity index (χ1v) is 9.24. The van der Waals surface area contributed by atoms with Gasteiger partial charge in [0.2, 0.25) is 0 Å². The lowest BCUT2D eigenvalue weighted by Crippen LogP contribution is -2.45. The Labute approximate surface area is 143 Å². The summed E-state index contributed by atoms with van der Waals surface area (Å²) < 4.78 is 16.3. The summed E-state index contributed by atoms with van der Waals surface area (Å²) in [7, 11) is 3.11. The molecule has 0 saturated carbocycles. The number of hydrogen-bond acceptors (Lipinski definition) is 4. The fourth-order valence-electron chi connectivity index (χ4n) is 2.25. The van der Waals surface area contributed by atoms with E-state index in [2.05, 4.69) is 6.92 Å². The maximum atomic E-state index is 11.7. The van der Waals surface area contributed by atoms with E-state index in [-0.39, 0.29) is 6.29 Å². The van der Waals surface area contributed by atoms with E-state index < -0.39 is 17.2 Å². The summed E-state index contributed by atoms with van der Waals surface area (Å²) in [6.45, 7) is 8.36. The lowest BCUT2D eigenvalue weighted by Gasteiger charge is -2.40. The van der Waals surface area contributed by atoms with Gasteiger partial charge < -0.3 is 24.1 Å². The molecule has 0 spiro atoms. The molecule has 3 unspecified atom stereocenters. The largest absolute Gasteiger partial charge is 0.631 e. The molecule has 23 heavy (non-hydrogen) atoms. The third kappa shape index (κ3) is 13.9. The van der Waals surface area contributed by atoms with Crippen molar-refractivity contribution in [3.8, 4) is 0 Å². The van der Waals surface area contributed by atoms with Crippen LogP contribution in [0, 0.1) is 5.21 Å². The standard InChI is InChI=1S/C18H39NO4/c1-7-8-9-10-11-12-13-14-15-21-17(3)23-18(4)22-16(2)19(5,6)20/h16-18H,7-15H2,1-6H3. The van der Waals surface area contributed by atoms with Gasteiger partial charge in [-0.1, -0.05) is 51.9 Å². The minimum absolute atomic E-state index is 0.316. The van der Waals surface area contributed by atoms with Crippen molar-refractivity contribution in [2.24, 2.45) is 0 Å². The predicted molar refractivity (Wildman–Crippen MR) is 94.6 cm³/mol. The summed E-state index contributed by atoms with van der Waals surface area (Å²) >= 11 is 0. The van der Waals surface area contributed by atoms with E-state index in [0.29, 0.717) is 6.61 Å². The van der Waals surface area contributed by atoms with Crippen LogP contribution in [0.25, 0.3) is 0 Å². The highest BCUT2D eigenvalue weighted by Gasteiger charge is 2.19. The van der Waals surface area contributed by atoms with E-state index in [9.17, 15) is 5.21 Å². The zero-order valence-corrected chi connectivity index (χ0v) is 16.2. The van der Waals surface area contributed by atoms with E-state index in [0.717, 1.165) is 6.42 Å². The van der Waals surface area contributed by atoms with Crippen LogP contribution in [-0.2, 0) is 14.2 Å². The maximum absolute atomic E-state index is 11.7. The molecule has 0 aromatic heterocycles. The van der Waals surface area contributed by atoms with Crippen molar-refractivity contribution in [1.29, 1.82) is 0 Å². The molecule has 0 aliphatic rings. The van der Waals surface area contributed by atoms with Crippen LogP contribution >= 0.6 is 0 Å². The number of ether oxygens (including phenoxy) is 3. The third-order valence-electron chi connectivity index (χ3n) is 4.00. The third-order valence-corrected chi connectivity index (χ3v) is 4.00. The topological polar surface area (TPSA) is 50.8 Å². The van der Waals surface area contributed by atoms with Gasteiger partial charge in [0.05, 0.1) is 14.1 Å². The Morgan fingerprint density at radius 1 is 0.783 bits per heavy atom. The van der Waals surface area contributed by atoms with E-state index in [1.54, 1.807) is 27.9 Å². The first-order valence-electron chi connectivity index (χ1n) is 9.24. The summed E-state index contributed by atoms with van der Waals surface area (Å²) in [5.74, 6) is 0. The zero-order valence-electron chi connectivity index (χ0n) is 16.2. The van der Waals surface area contributed by atoms with Gasteiger partial charge in [0, 0.05) is 13.5 Å². The number of nitrogens with zero attached hydrogens (tertiary/aromatic N) is 1. The molecule has 0 rings (SSSR count). The van der Waals surface area contributed by atoms with Crippen molar-refractivity contribution in [2.45, 2.75) is 97.9 Å².